The molecular formula is C8H4Cl2F2O. The number of carbonyl (C=O) groups excluding carboxylic acids is 1. The van der Waals surface area contributed by atoms with Gasteiger partial charge in [0, 0.05) is 10.6 Å². The molecule has 0 aliphatic rings. The Morgan fingerprint density at radius 3 is 2.08 bits per heavy atom. The summed E-state index contributed by atoms with van der Waals surface area (Å²) in [6.45, 7) is 0. The van der Waals surface area contributed by atoms with Gasteiger partial charge in [0.15, 0.2) is 0 Å². The van der Waals surface area contributed by atoms with Crippen molar-refractivity contribution in [1.29, 1.82) is 0 Å². The second-order valence-electron chi connectivity index (χ2n) is 2.33. The van der Waals surface area contributed by atoms with Gasteiger partial charge in [0.2, 0.25) is 5.78 Å². The van der Waals surface area contributed by atoms with E-state index >= 15 is 0 Å². The fraction of sp³-hybridized carbons (Fsp3) is 0.125. The van der Waals surface area contributed by atoms with Gasteiger partial charge in [0.25, 0.3) is 0 Å². The summed E-state index contributed by atoms with van der Waals surface area (Å²) in [4.78, 5) is 10.9. The van der Waals surface area contributed by atoms with Crippen LogP contribution >= 0.6 is 23.2 Å². The Morgan fingerprint density at radius 1 is 1.23 bits per heavy atom. The van der Waals surface area contributed by atoms with Gasteiger partial charge < -0.3 is 0 Å². The Morgan fingerprint density at radius 2 is 1.69 bits per heavy atom. The third kappa shape index (κ3) is 2.64. The van der Waals surface area contributed by atoms with Crippen LogP contribution in [0, 0.1) is 0 Å². The van der Waals surface area contributed by atoms with Crippen LogP contribution in [0.1, 0.15) is 10.4 Å². The number of halogens is 4. The fourth-order valence-corrected chi connectivity index (χ4v) is 1.00. The summed E-state index contributed by atoms with van der Waals surface area (Å²) in [6, 6.07) is 5.08. The summed E-state index contributed by atoms with van der Waals surface area (Å²) in [5, 5.41) is -3.48. The first-order valence-corrected chi connectivity index (χ1v) is 4.04. The zero-order valence-corrected chi connectivity index (χ0v) is 7.74. The lowest BCUT2D eigenvalue weighted by Gasteiger charge is -2.05. The van der Waals surface area contributed by atoms with Gasteiger partial charge in [0.1, 0.15) is 0 Å². The average Bonchev–Trinajstić information content (AvgIpc) is 2.03. The molecule has 0 heterocycles. The van der Waals surface area contributed by atoms with Crippen LogP contribution in [-0.4, -0.2) is 11.2 Å². The van der Waals surface area contributed by atoms with E-state index in [1.807, 2.05) is 0 Å². The van der Waals surface area contributed by atoms with Gasteiger partial charge in [-0.25, -0.2) is 0 Å². The summed E-state index contributed by atoms with van der Waals surface area (Å²) in [6.07, 6.45) is 0. The smallest absolute Gasteiger partial charge is 0.286 e. The second-order valence-corrected chi connectivity index (χ2v) is 3.24. The highest BCUT2D eigenvalue weighted by Gasteiger charge is 2.36. The molecule has 0 N–H and O–H groups in total. The molecule has 0 saturated heterocycles. The predicted octanol–water partition coefficient (Wildman–Crippen LogP) is 3.35. The van der Waals surface area contributed by atoms with Crippen LogP contribution in [0.25, 0.3) is 0 Å². The third-order valence-corrected chi connectivity index (χ3v) is 1.79. The minimum absolute atomic E-state index is 0.163. The minimum atomic E-state index is -3.85. The highest BCUT2D eigenvalue weighted by molar-refractivity contribution is 6.35. The van der Waals surface area contributed by atoms with E-state index < -0.39 is 11.2 Å². The molecule has 0 fully saturated rings. The molecule has 5 heteroatoms. The molecule has 1 aromatic rings. The molecule has 0 radical (unpaired) electrons. The minimum Gasteiger partial charge on any atom is -0.286 e. The largest absolute Gasteiger partial charge is 0.384 e. The molecule has 0 aromatic heterocycles. The maximum absolute atomic E-state index is 12.3. The summed E-state index contributed by atoms with van der Waals surface area (Å²) in [5.74, 6) is -1.43. The van der Waals surface area contributed by atoms with E-state index in [-0.39, 0.29) is 5.56 Å². The zero-order valence-electron chi connectivity index (χ0n) is 6.23. The third-order valence-electron chi connectivity index (χ3n) is 1.36. The first-order valence-electron chi connectivity index (χ1n) is 3.28. The van der Waals surface area contributed by atoms with Crippen molar-refractivity contribution in [3.63, 3.8) is 0 Å². The molecule has 0 spiro atoms. The van der Waals surface area contributed by atoms with Gasteiger partial charge in [-0.1, -0.05) is 11.6 Å². The Hall–Kier alpha value is -0.670. The van der Waals surface area contributed by atoms with E-state index in [0.717, 1.165) is 0 Å². The number of alkyl halides is 3. The van der Waals surface area contributed by atoms with Crippen LogP contribution in [0.3, 0.4) is 0 Å². The molecule has 1 aromatic carbocycles. The van der Waals surface area contributed by atoms with Crippen molar-refractivity contribution in [2.75, 3.05) is 0 Å². The van der Waals surface area contributed by atoms with E-state index in [4.69, 9.17) is 11.6 Å². The molecule has 1 nitrogen and oxygen atoms in total. The molecule has 0 aliphatic heterocycles. The van der Waals surface area contributed by atoms with Gasteiger partial charge in [0.05, 0.1) is 0 Å². The van der Waals surface area contributed by atoms with Crippen molar-refractivity contribution in [2.24, 2.45) is 0 Å². The van der Waals surface area contributed by atoms with Crippen LogP contribution in [0.4, 0.5) is 8.78 Å². The molecular weight excluding hydrogens is 221 g/mol. The topological polar surface area (TPSA) is 17.1 Å². The highest BCUT2D eigenvalue weighted by Crippen LogP contribution is 2.24. The summed E-state index contributed by atoms with van der Waals surface area (Å²) in [5.41, 5.74) is -0.163. The van der Waals surface area contributed by atoms with Gasteiger partial charge >= 0.3 is 5.38 Å². The normalized spacial score (nSPS) is 11.4. The maximum Gasteiger partial charge on any atom is 0.384 e. The van der Waals surface area contributed by atoms with Gasteiger partial charge in [-0.15, -0.1) is 0 Å². The summed E-state index contributed by atoms with van der Waals surface area (Å²) in [7, 11) is 0. The molecule has 0 amide bonds. The molecule has 70 valence electrons. The summed E-state index contributed by atoms with van der Waals surface area (Å²) >= 11 is 10.0. The predicted molar refractivity (Wildman–Crippen MR) is 46.6 cm³/mol. The van der Waals surface area contributed by atoms with Crippen molar-refractivity contribution in [3.05, 3.63) is 34.9 Å². The molecule has 0 aliphatic carbocycles. The van der Waals surface area contributed by atoms with E-state index in [0.29, 0.717) is 5.02 Å². The molecule has 1 rings (SSSR count). The molecule has 0 unspecified atom stereocenters. The standard InChI is InChI=1S/C8H4Cl2F2O/c9-6-3-1-5(2-4-6)7(13)8(10,11)12/h1-4H. The van der Waals surface area contributed by atoms with Crippen molar-refractivity contribution >= 4 is 29.0 Å². The van der Waals surface area contributed by atoms with E-state index in [1.54, 1.807) is 0 Å². The molecule has 0 atom stereocenters. The number of rotatable bonds is 2. The van der Waals surface area contributed by atoms with Crippen LogP contribution in [-0.2, 0) is 0 Å². The van der Waals surface area contributed by atoms with Gasteiger partial charge in [-0.05, 0) is 35.9 Å². The zero-order chi connectivity index (χ0) is 10.1. The molecule has 0 saturated carbocycles. The SMILES string of the molecule is O=C(c1ccc(Cl)cc1)C(F)(F)Cl. The Labute approximate surface area is 83.3 Å². The number of ketones is 1. The lowest BCUT2D eigenvalue weighted by molar-refractivity contribution is 0.0536. The first-order chi connectivity index (χ1) is 5.91. The Bertz CT molecular complexity index is 316. The average molecular weight is 225 g/mol. The van der Waals surface area contributed by atoms with Crippen molar-refractivity contribution in [2.45, 2.75) is 5.38 Å². The fourth-order valence-electron chi connectivity index (χ4n) is 0.765. The van der Waals surface area contributed by atoms with Crippen LogP contribution < -0.4 is 0 Å². The number of benzene rings is 1. The number of hydrogen-bond acceptors (Lipinski definition) is 1. The lowest BCUT2D eigenvalue weighted by atomic mass is 10.1. The number of Topliss-reactive ketones (excluding diaryl/α,β-unsaturated/α-hetero) is 1. The maximum atomic E-state index is 12.3. The van der Waals surface area contributed by atoms with Crippen LogP contribution in [0.15, 0.2) is 24.3 Å². The number of hydrogen-bond donors (Lipinski definition) is 0. The quantitative estimate of drug-likeness (QED) is 0.557. The first kappa shape index (κ1) is 10.4. The van der Waals surface area contributed by atoms with Crippen LogP contribution in [0.5, 0.6) is 0 Å². The lowest BCUT2D eigenvalue weighted by Crippen LogP contribution is -2.21. The van der Waals surface area contributed by atoms with Crippen molar-refractivity contribution in [3.8, 4) is 0 Å². The van der Waals surface area contributed by atoms with Gasteiger partial charge in [-0.2, -0.15) is 8.78 Å². The Kier molecular flexibility index (Phi) is 2.88. The van der Waals surface area contributed by atoms with Gasteiger partial charge in [-0.3, -0.25) is 4.79 Å². The van der Waals surface area contributed by atoms with Crippen molar-refractivity contribution in [1.82, 2.24) is 0 Å². The van der Waals surface area contributed by atoms with E-state index in [9.17, 15) is 13.6 Å². The highest BCUT2D eigenvalue weighted by atomic mass is 35.5. The Balaban J connectivity index is 2.97. The molecule has 0 bridgehead atoms. The molecule has 13 heavy (non-hydrogen) atoms. The van der Waals surface area contributed by atoms with Crippen molar-refractivity contribution < 1.29 is 13.6 Å². The second kappa shape index (κ2) is 3.60. The van der Waals surface area contributed by atoms with E-state index in [1.165, 1.54) is 24.3 Å². The number of carbonyl (C=O) groups is 1. The van der Waals surface area contributed by atoms with Crippen LogP contribution in [0.2, 0.25) is 5.02 Å². The summed E-state index contributed by atoms with van der Waals surface area (Å²) < 4.78 is 24.6. The van der Waals surface area contributed by atoms with E-state index in [2.05, 4.69) is 11.6 Å². The monoisotopic (exact) mass is 224 g/mol.